The Morgan fingerprint density at radius 1 is 1.45 bits per heavy atom. The van der Waals surface area contributed by atoms with Gasteiger partial charge in [0.05, 0.1) is 11.4 Å². The van der Waals surface area contributed by atoms with Crippen LogP contribution in [0.3, 0.4) is 0 Å². The van der Waals surface area contributed by atoms with Crippen LogP contribution in [0.2, 0.25) is 0 Å². The number of aryl methyl sites for hydroxylation is 2. The van der Waals surface area contributed by atoms with E-state index in [-0.39, 0.29) is 0 Å². The molecule has 0 bridgehead atoms. The van der Waals surface area contributed by atoms with Crippen LogP contribution in [0.4, 0.5) is 0 Å². The van der Waals surface area contributed by atoms with Gasteiger partial charge in [0.1, 0.15) is 0 Å². The summed E-state index contributed by atoms with van der Waals surface area (Å²) in [5, 5.41) is 13.2. The van der Waals surface area contributed by atoms with Crippen LogP contribution < -0.4 is 0 Å². The first-order valence-corrected chi connectivity index (χ1v) is 7.54. The summed E-state index contributed by atoms with van der Waals surface area (Å²) in [6, 6.07) is 2.19. The van der Waals surface area contributed by atoms with Gasteiger partial charge in [-0.15, -0.1) is 0 Å². The van der Waals surface area contributed by atoms with E-state index in [1.807, 2.05) is 11.7 Å². The smallest absolute Gasteiger partial charge is 0.303 e. The maximum atomic E-state index is 10.6. The molecule has 1 saturated heterocycles. The minimum absolute atomic E-state index is 0.312. The lowest BCUT2D eigenvalue weighted by molar-refractivity contribution is -0.137. The molecule has 0 aromatic carbocycles. The number of hydrogen-bond donors (Lipinski definition) is 1. The van der Waals surface area contributed by atoms with Crippen LogP contribution in [0.1, 0.15) is 44.0 Å². The molecule has 1 N–H and O–H groups in total. The van der Waals surface area contributed by atoms with Gasteiger partial charge in [0, 0.05) is 20.0 Å². The van der Waals surface area contributed by atoms with E-state index in [1.165, 1.54) is 5.69 Å². The van der Waals surface area contributed by atoms with Gasteiger partial charge in [0.15, 0.2) is 0 Å². The molecule has 0 amide bonds. The maximum Gasteiger partial charge on any atom is 0.303 e. The molecule has 1 aromatic rings. The first kappa shape index (κ1) is 15.0. The largest absolute Gasteiger partial charge is 0.481 e. The minimum atomic E-state index is -0.672. The third kappa shape index (κ3) is 4.07. The Bertz CT molecular complexity index is 448. The molecule has 1 aliphatic heterocycles. The highest BCUT2D eigenvalue weighted by atomic mass is 16.4. The van der Waals surface area contributed by atoms with Crippen molar-refractivity contribution in [3.8, 4) is 0 Å². The van der Waals surface area contributed by atoms with Crippen molar-refractivity contribution in [3.05, 3.63) is 17.5 Å². The number of nitrogens with zero attached hydrogens (tertiary/aromatic N) is 3. The van der Waals surface area contributed by atoms with Gasteiger partial charge in [-0.2, -0.15) is 5.10 Å². The van der Waals surface area contributed by atoms with Gasteiger partial charge in [-0.05, 0) is 50.8 Å². The zero-order valence-corrected chi connectivity index (χ0v) is 12.5. The normalized spacial score (nSPS) is 17.5. The maximum absolute atomic E-state index is 10.6. The predicted octanol–water partition coefficient (Wildman–Crippen LogP) is 2.06. The Kier molecular flexibility index (Phi) is 5.17. The Labute approximate surface area is 120 Å². The highest BCUT2D eigenvalue weighted by molar-refractivity contribution is 5.66. The fourth-order valence-electron chi connectivity index (χ4n) is 2.88. The topological polar surface area (TPSA) is 58.4 Å². The van der Waals surface area contributed by atoms with E-state index in [0.29, 0.717) is 12.3 Å². The van der Waals surface area contributed by atoms with Crippen LogP contribution in [0, 0.1) is 5.92 Å². The number of carboxylic acids is 1. The summed E-state index contributed by atoms with van der Waals surface area (Å²) >= 11 is 0. The second-order valence-electron chi connectivity index (χ2n) is 5.76. The summed E-state index contributed by atoms with van der Waals surface area (Å²) in [6.45, 7) is 5.21. The molecular weight excluding hydrogens is 254 g/mol. The second kappa shape index (κ2) is 6.88. The van der Waals surface area contributed by atoms with E-state index < -0.39 is 5.97 Å². The van der Waals surface area contributed by atoms with Crippen molar-refractivity contribution in [3.63, 3.8) is 0 Å². The Balaban J connectivity index is 1.79. The molecule has 1 aromatic heterocycles. The van der Waals surface area contributed by atoms with Crippen molar-refractivity contribution in [2.45, 2.75) is 45.6 Å². The molecule has 5 nitrogen and oxygen atoms in total. The van der Waals surface area contributed by atoms with Crippen molar-refractivity contribution in [1.29, 1.82) is 0 Å². The van der Waals surface area contributed by atoms with Crippen molar-refractivity contribution in [2.75, 3.05) is 13.1 Å². The molecule has 0 atom stereocenters. The van der Waals surface area contributed by atoms with Gasteiger partial charge < -0.3 is 5.11 Å². The summed E-state index contributed by atoms with van der Waals surface area (Å²) < 4.78 is 1.98. The third-order valence-corrected chi connectivity index (χ3v) is 4.25. The highest BCUT2D eigenvalue weighted by Gasteiger charge is 2.20. The third-order valence-electron chi connectivity index (χ3n) is 4.25. The quantitative estimate of drug-likeness (QED) is 0.866. The molecule has 0 saturated carbocycles. The van der Waals surface area contributed by atoms with Gasteiger partial charge in [0.25, 0.3) is 0 Å². The summed E-state index contributed by atoms with van der Waals surface area (Å²) in [7, 11) is 2.01. The van der Waals surface area contributed by atoms with Crippen LogP contribution in [-0.2, 0) is 24.8 Å². The molecule has 1 aliphatic rings. The van der Waals surface area contributed by atoms with E-state index in [1.54, 1.807) is 0 Å². The molecule has 112 valence electrons. The van der Waals surface area contributed by atoms with Crippen molar-refractivity contribution in [1.82, 2.24) is 14.7 Å². The SMILES string of the molecule is CCc1cc(CN2CCC(CCC(=O)O)CC2)n(C)n1. The van der Waals surface area contributed by atoms with E-state index in [0.717, 1.165) is 51.0 Å². The zero-order valence-electron chi connectivity index (χ0n) is 12.5. The molecule has 0 unspecified atom stereocenters. The van der Waals surface area contributed by atoms with Gasteiger partial charge in [-0.1, -0.05) is 6.92 Å². The molecule has 5 heteroatoms. The summed E-state index contributed by atoms with van der Waals surface area (Å²) in [5.74, 6) is -0.0884. The highest BCUT2D eigenvalue weighted by Crippen LogP contribution is 2.23. The van der Waals surface area contributed by atoms with Crippen molar-refractivity contribution in [2.24, 2.45) is 13.0 Å². The number of aliphatic carboxylic acids is 1. The van der Waals surface area contributed by atoms with Crippen molar-refractivity contribution < 1.29 is 9.90 Å². The monoisotopic (exact) mass is 279 g/mol. The molecule has 2 rings (SSSR count). The fraction of sp³-hybridized carbons (Fsp3) is 0.733. The number of hydrogen-bond acceptors (Lipinski definition) is 3. The first-order chi connectivity index (χ1) is 9.58. The molecule has 1 fully saturated rings. The lowest BCUT2D eigenvalue weighted by Crippen LogP contribution is -2.33. The van der Waals surface area contributed by atoms with E-state index in [2.05, 4.69) is 23.0 Å². The van der Waals surface area contributed by atoms with Crippen LogP contribution in [0.5, 0.6) is 0 Å². The molecule has 0 radical (unpaired) electrons. The second-order valence-corrected chi connectivity index (χ2v) is 5.76. The Morgan fingerprint density at radius 2 is 2.15 bits per heavy atom. The summed E-state index contributed by atoms with van der Waals surface area (Å²) in [5.41, 5.74) is 2.42. The van der Waals surface area contributed by atoms with Crippen molar-refractivity contribution >= 4 is 5.97 Å². The number of likely N-dealkylation sites (tertiary alicyclic amines) is 1. The van der Waals surface area contributed by atoms with Crippen LogP contribution in [0.15, 0.2) is 6.07 Å². The van der Waals surface area contributed by atoms with Gasteiger partial charge in [-0.25, -0.2) is 0 Å². The Morgan fingerprint density at radius 3 is 2.70 bits per heavy atom. The first-order valence-electron chi connectivity index (χ1n) is 7.54. The lowest BCUT2D eigenvalue weighted by Gasteiger charge is -2.31. The number of piperidine rings is 1. The standard InChI is InChI=1S/C15H25N3O2/c1-3-13-10-14(17(2)16-13)11-18-8-6-12(7-9-18)4-5-15(19)20/h10,12H,3-9,11H2,1-2H3,(H,19,20). The zero-order chi connectivity index (χ0) is 14.5. The Hall–Kier alpha value is -1.36. The summed E-state index contributed by atoms with van der Waals surface area (Å²) in [4.78, 5) is 13.0. The fourth-order valence-corrected chi connectivity index (χ4v) is 2.88. The number of rotatable bonds is 6. The number of carbonyl (C=O) groups is 1. The minimum Gasteiger partial charge on any atom is -0.481 e. The number of aromatic nitrogens is 2. The predicted molar refractivity (Wildman–Crippen MR) is 77.5 cm³/mol. The van der Waals surface area contributed by atoms with Gasteiger partial charge >= 0.3 is 5.97 Å². The molecule has 0 spiro atoms. The summed E-state index contributed by atoms with van der Waals surface area (Å²) in [6.07, 6.45) is 4.35. The average Bonchev–Trinajstić information content (AvgIpc) is 2.78. The van der Waals surface area contributed by atoms with Crippen LogP contribution in [-0.4, -0.2) is 38.8 Å². The molecular formula is C15H25N3O2. The van der Waals surface area contributed by atoms with Gasteiger partial charge in [-0.3, -0.25) is 14.4 Å². The van der Waals surface area contributed by atoms with E-state index in [9.17, 15) is 4.79 Å². The van der Waals surface area contributed by atoms with Crippen LogP contribution in [0.25, 0.3) is 0 Å². The average molecular weight is 279 g/mol. The molecule has 2 heterocycles. The lowest BCUT2D eigenvalue weighted by atomic mass is 9.92. The molecule has 0 aliphatic carbocycles. The number of carboxylic acid groups (broad SMARTS) is 1. The molecule has 20 heavy (non-hydrogen) atoms. The van der Waals surface area contributed by atoms with E-state index >= 15 is 0 Å². The van der Waals surface area contributed by atoms with Gasteiger partial charge in [0.2, 0.25) is 0 Å². The van der Waals surface area contributed by atoms with Crippen LogP contribution >= 0.6 is 0 Å². The van der Waals surface area contributed by atoms with E-state index in [4.69, 9.17) is 5.11 Å².